The molecule has 7 nitrogen and oxygen atoms in total. The van der Waals surface area contributed by atoms with E-state index in [1.54, 1.807) is 41.2 Å². The monoisotopic (exact) mass is 415 g/mol. The van der Waals surface area contributed by atoms with Gasteiger partial charge in [-0.15, -0.1) is 0 Å². The van der Waals surface area contributed by atoms with Crippen LogP contribution < -0.4 is 5.32 Å². The number of halogens is 1. The Hall–Kier alpha value is -2.74. The molecule has 0 fully saturated rings. The number of hydrogen-bond acceptors (Lipinski definition) is 4. The number of nitrogens with one attached hydrogen (secondary N) is 1. The summed E-state index contributed by atoms with van der Waals surface area (Å²) in [6.07, 6.45) is 1.73. The molecule has 2 aromatic heterocycles. The standard InChI is InChI=1S/C18H18BrN5O2/c1-11-17(19)12(2)24(21-11)10-23-9-8-16(22-23)18(26)20-15-6-4-14(5-7-15)13(3)25/h4-9H,10H2,1-3H3,(H,20,26). The number of carbonyl (C=O) groups is 2. The number of anilines is 1. The highest BCUT2D eigenvalue weighted by atomic mass is 79.9. The molecule has 0 spiro atoms. The smallest absolute Gasteiger partial charge is 0.276 e. The second-order valence-electron chi connectivity index (χ2n) is 5.95. The molecule has 3 rings (SSSR count). The molecule has 0 aliphatic heterocycles. The van der Waals surface area contributed by atoms with Crippen LogP contribution in [-0.4, -0.2) is 31.3 Å². The van der Waals surface area contributed by atoms with Gasteiger partial charge >= 0.3 is 0 Å². The summed E-state index contributed by atoms with van der Waals surface area (Å²) in [5.74, 6) is -0.328. The van der Waals surface area contributed by atoms with Crippen LogP contribution in [0.3, 0.4) is 0 Å². The maximum absolute atomic E-state index is 12.3. The number of benzene rings is 1. The molecule has 134 valence electrons. The number of nitrogens with zero attached hydrogens (tertiary/aromatic N) is 4. The lowest BCUT2D eigenvalue weighted by atomic mass is 10.1. The summed E-state index contributed by atoms with van der Waals surface area (Å²) in [7, 11) is 0. The molecule has 0 saturated carbocycles. The summed E-state index contributed by atoms with van der Waals surface area (Å²) in [5.41, 5.74) is 3.41. The van der Waals surface area contributed by atoms with E-state index in [0.717, 1.165) is 15.9 Å². The van der Waals surface area contributed by atoms with E-state index in [1.165, 1.54) is 6.92 Å². The first kappa shape index (κ1) is 18.1. The molecule has 2 heterocycles. The number of amides is 1. The van der Waals surface area contributed by atoms with Gasteiger partial charge in [0.05, 0.1) is 15.9 Å². The average molecular weight is 416 g/mol. The minimum Gasteiger partial charge on any atom is -0.321 e. The van der Waals surface area contributed by atoms with Crippen molar-refractivity contribution in [1.82, 2.24) is 19.6 Å². The van der Waals surface area contributed by atoms with Gasteiger partial charge in [0.25, 0.3) is 5.91 Å². The Bertz CT molecular complexity index is 972. The van der Waals surface area contributed by atoms with E-state index < -0.39 is 0 Å². The summed E-state index contributed by atoms with van der Waals surface area (Å²) in [4.78, 5) is 23.6. The largest absolute Gasteiger partial charge is 0.321 e. The molecule has 0 saturated heterocycles. The number of rotatable bonds is 5. The van der Waals surface area contributed by atoms with Crippen molar-refractivity contribution >= 4 is 33.3 Å². The highest BCUT2D eigenvalue weighted by Gasteiger charge is 2.13. The molecule has 26 heavy (non-hydrogen) atoms. The highest BCUT2D eigenvalue weighted by molar-refractivity contribution is 9.10. The van der Waals surface area contributed by atoms with Gasteiger partial charge in [-0.25, -0.2) is 4.68 Å². The number of hydrogen-bond donors (Lipinski definition) is 1. The van der Waals surface area contributed by atoms with Crippen LogP contribution in [0, 0.1) is 13.8 Å². The molecule has 0 atom stereocenters. The van der Waals surface area contributed by atoms with Gasteiger partial charge in [0.15, 0.2) is 11.5 Å². The molecule has 3 aromatic rings. The number of ketones is 1. The topological polar surface area (TPSA) is 81.8 Å². The quantitative estimate of drug-likeness (QED) is 0.647. The van der Waals surface area contributed by atoms with Gasteiger partial charge in [-0.1, -0.05) is 0 Å². The third-order valence-corrected chi connectivity index (χ3v) is 5.14. The van der Waals surface area contributed by atoms with Crippen molar-refractivity contribution in [3.8, 4) is 0 Å². The molecule has 0 unspecified atom stereocenters. The van der Waals surface area contributed by atoms with E-state index in [1.807, 2.05) is 18.5 Å². The first-order chi connectivity index (χ1) is 12.3. The minimum atomic E-state index is -0.311. The number of aromatic nitrogens is 4. The number of carbonyl (C=O) groups excluding carboxylic acids is 2. The first-order valence-corrected chi connectivity index (χ1v) is 8.80. The van der Waals surface area contributed by atoms with E-state index in [2.05, 4.69) is 31.4 Å². The Balaban J connectivity index is 1.69. The molecule has 0 aliphatic rings. The Morgan fingerprint density at radius 3 is 2.38 bits per heavy atom. The van der Waals surface area contributed by atoms with Gasteiger partial charge in [-0.05, 0) is 67.0 Å². The van der Waals surface area contributed by atoms with Crippen LogP contribution in [0.2, 0.25) is 0 Å². The zero-order valence-electron chi connectivity index (χ0n) is 14.7. The molecule has 0 radical (unpaired) electrons. The molecular weight excluding hydrogens is 398 g/mol. The lowest BCUT2D eigenvalue weighted by Crippen LogP contribution is -2.15. The van der Waals surface area contributed by atoms with E-state index in [9.17, 15) is 9.59 Å². The van der Waals surface area contributed by atoms with Crippen molar-refractivity contribution in [3.05, 3.63) is 63.6 Å². The molecule has 1 amide bonds. The summed E-state index contributed by atoms with van der Waals surface area (Å²) in [6, 6.07) is 8.40. The van der Waals surface area contributed by atoms with Crippen molar-refractivity contribution in [1.29, 1.82) is 0 Å². The predicted octanol–water partition coefficient (Wildman–Crippen LogP) is 3.42. The molecule has 1 N–H and O–H groups in total. The van der Waals surface area contributed by atoms with E-state index in [-0.39, 0.29) is 11.7 Å². The van der Waals surface area contributed by atoms with Gasteiger partial charge in [0.1, 0.15) is 6.67 Å². The zero-order valence-corrected chi connectivity index (χ0v) is 16.2. The van der Waals surface area contributed by atoms with Crippen LogP contribution >= 0.6 is 15.9 Å². The Morgan fingerprint density at radius 2 is 1.81 bits per heavy atom. The normalized spacial score (nSPS) is 10.8. The van der Waals surface area contributed by atoms with Crippen LogP contribution in [0.4, 0.5) is 5.69 Å². The van der Waals surface area contributed by atoms with Gasteiger partial charge < -0.3 is 5.32 Å². The van der Waals surface area contributed by atoms with Crippen LogP contribution in [0.25, 0.3) is 0 Å². The zero-order chi connectivity index (χ0) is 18.8. The van der Waals surface area contributed by atoms with Gasteiger partial charge in [0, 0.05) is 17.4 Å². The van der Waals surface area contributed by atoms with E-state index in [0.29, 0.717) is 23.6 Å². The fourth-order valence-electron chi connectivity index (χ4n) is 2.49. The predicted molar refractivity (Wildman–Crippen MR) is 101 cm³/mol. The molecule has 0 aliphatic carbocycles. The molecule has 1 aromatic carbocycles. The van der Waals surface area contributed by atoms with E-state index >= 15 is 0 Å². The van der Waals surface area contributed by atoms with Crippen molar-refractivity contribution in [2.75, 3.05) is 5.32 Å². The first-order valence-electron chi connectivity index (χ1n) is 8.00. The maximum Gasteiger partial charge on any atom is 0.276 e. The van der Waals surface area contributed by atoms with Crippen molar-refractivity contribution in [3.63, 3.8) is 0 Å². The van der Waals surface area contributed by atoms with Gasteiger partial charge in [-0.2, -0.15) is 10.2 Å². The fraction of sp³-hybridized carbons (Fsp3) is 0.222. The minimum absolute atomic E-state index is 0.0163. The van der Waals surface area contributed by atoms with Crippen molar-refractivity contribution in [2.45, 2.75) is 27.4 Å². The lowest BCUT2D eigenvalue weighted by molar-refractivity contribution is 0.101. The second-order valence-corrected chi connectivity index (χ2v) is 6.75. The van der Waals surface area contributed by atoms with E-state index in [4.69, 9.17) is 0 Å². The summed E-state index contributed by atoms with van der Waals surface area (Å²) in [6.45, 7) is 5.80. The van der Waals surface area contributed by atoms with Crippen LogP contribution in [-0.2, 0) is 6.67 Å². The maximum atomic E-state index is 12.3. The third kappa shape index (κ3) is 3.75. The van der Waals surface area contributed by atoms with Crippen molar-refractivity contribution < 1.29 is 9.59 Å². The molecular formula is C18H18BrN5O2. The van der Waals surface area contributed by atoms with Crippen LogP contribution in [0.1, 0.15) is 39.2 Å². The van der Waals surface area contributed by atoms with Crippen molar-refractivity contribution in [2.24, 2.45) is 0 Å². The van der Waals surface area contributed by atoms with Gasteiger partial charge in [0.2, 0.25) is 0 Å². The van der Waals surface area contributed by atoms with Gasteiger partial charge in [-0.3, -0.25) is 14.3 Å². The Morgan fingerprint density at radius 1 is 1.12 bits per heavy atom. The number of Topliss-reactive ketones (excluding diaryl/α,β-unsaturated/α-hetero) is 1. The average Bonchev–Trinajstić information content (AvgIpc) is 3.17. The van der Waals surface area contributed by atoms with Crippen LogP contribution in [0.15, 0.2) is 41.0 Å². The highest BCUT2D eigenvalue weighted by Crippen LogP contribution is 2.19. The SMILES string of the molecule is CC(=O)c1ccc(NC(=O)c2ccn(Cn3nc(C)c(Br)c3C)n2)cc1. The number of aryl methyl sites for hydroxylation is 1. The Kier molecular flexibility index (Phi) is 5.03. The summed E-state index contributed by atoms with van der Waals surface area (Å²) in [5, 5.41) is 11.5. The van der Waals surface area contributed by atoms with Crippen LogP contribution in [0.5, 0.6) is 0 Å². The fourth-order valence-corrected chi connectivity index (χ4v) is 2.78. The summed E-state index contributed by atoms with van der Waals surface area (Å²) < 4.78 is 4.44. The molecule has 8 heteroatoms. The second kappa shape index (κ2) is 7.25. The third-order valence-electron chi connectivity index (χ3n) is 3.99. The molecule has 0 bridgehead atoms. The summed E-state index contributed by atoms with van der Waals surface area (Å²) >= 11 is 3.49. The lowest BCUT2D eigenvalue weighted by Gasteiger charge is -2.05. The Labute approximate surface area is 159 Å².